The number of hydrogen-bond donors (Lipinski definition) is 0. The Morgan fingerprint density at radius 2 is 0.588 bits per heavy atom. The maximum absolute atomic E-state index is 6.38. The summed E-state index contributed by atoms with van der Waals surface area (Å²) in [6.07, 6.45) is 0. The number of rotatable bonds is 2. The maximum Gasteiger partial charge on any atom is 0.136 e. The van der Waals surface area contributed by atoms with Gasteiger partial charge in [-0.15, -0.1) is 0 Å². The second-order valence-electron chi connectivity index (χ2n) is 13.5. The lowest BCUT2D eigenvalue weighted by atomic mass is 9.79. The van der Waals surface area contributed by atoms with E-state index in [2.05, 4.69) is 170 Å². The summed E-state index contributed by atoms with van der Waals surface area (Å²) in [5.74, 6) is 0. The van der Waals surface area contributed by atoms with Gasteiger partial charge in [0.2, 0.25) is 0 Å². The van der Waals surface area contributed by atoms with E-state index in [-0.39, 0.29) is 0 Å². The van der Waals surface area contributed by atoms with E-state index in [0.717, 1.165) is 27.5 Å². The van der Waals surface area contributed by atoms with E-state index in [1.807, 2.05) is 12.1 Å². The molecule has 0 amide bonds. The molecule has 0 unspecified atom stereocenters. The molecule has 51 heavy (non-hydrogen) atoms. The largest absolute Gasteiger partial charge is 0.456 e. The molecule has 0 radical (unpaired) electrons. The Labute approximate surface area is 295 Å². The first-order chi connectivity index (χ1) is 25.3. The van der Waals surface area contributed by atoms with Gasteiger partial charge in [-0.1, -0.05) is 158 Å². The van der Waals surface area contributed by atoms with Crippen LogP contribution in [0.1, 0.15) is 0 Å². The molecule has 1 aliphatic carbocycles. The quantitative estimate of drug-likeness (QED) is 0.170. The number of hydrogen-bond acceptors (Lipinski definition) is 1. The summed E-state index contributed by atoms with van der Waals surface area (Å²) in [5, 5.41) is 7.23. The van der Waals surface area contributed by atoms with Gasteiger partial charge in [0.1, 0.15) is 11.2 Å². The first-order valence-corrected chi connectivity index (χ1v) is 17.6. The van der Waals surface area contributed by atoms with Crippen LogP contribution in [0.3, 0.4) is 0 Å². The standard InChI is InChI=1S/C50H30O/c1-2-14-34-33(13-1)35-15-3-4-17-37(35)39-27-25-31(29-46(39)38-18-6-5-16-36(34)38)49-42-20-7-9-22-44(42)50(45-23-10-8-21-43(45)49)32-26-28-41-40-19-11-12-24-47(40)51-48(41)30-32/h1-30H. The molecule has 1 aliphatic rings. The van der Waals surface area contributed by atoms with E-state index in [4.69, 9.17) is 4.42 Å². The number of furan rings is 1. The van der Waals surface area contributed by atoms with Gasteiger partial charge in [-0.3, -0.25) is 0 Å². The van der Waals surface area contributed by atoms with E-state index in [9.17, 15) is 0 Å². The molecule has 10 aromatic rings. The van der Waals surface area contributed by atoms with Crippen molar-refractivity contribution in [3.63, 3.8) is 0 Å². The predicted molar refractivity (Wildman–Crippen MR) is 215 cm³/mol. The van der Waals surface area contributed by atoms with Crippen molar-refractivity contribution < 1.29 is 4.42 Å². The zero-order valence-corrected chi connectivity index (χ0v) is 27.7. The third kappa shape index (κ3) is 4.16. The highest BCUT2D eigenvalue weighted by Gasteiger charge is 2.23. The summed E-state index contributed by atoms with van der Waals surface area (Å²) in [4.78, 5) is 0. The van der Waals surface area contributed by atoms with Gasteiger partial charge in [-0.05, 0) is 113 Å². The average Bonchev–Trinajstić information content (AvgIpc) is 3.57. The highest BCUT2D eigenvalue weighted by Crippen LogP contribution is 2.50. The van der Waals surface area contributed by atoms with Gasteiger partial charge < -0.3 is 4.42 Å². The van der Waals surface area contributed by atoms with Crippen molar-refractivity contribution in [1.29, 1.82) is 0 Å². The van der Waals surface area contributed by atoms with Crippen molar-refractivity contribution in [3.05, 3.63) is 182 Å². The van der Waals surface area contributed by atoms with Gasteiger partial charge in [0.05, 0.1) is 0 Å². The molecular formula is C50H30O. The summed E-state index contributed by atoms with van der Waals surface area (Å²) in [7, 11) is 0. The van der Waals surface area contributed by atoms with Crippen molar-refractivity contribution in [1.82, 2.24) is 0 Å². The molecule has 0 saturated heterocycles. The van der Waals surface area contributed by atoms with Gasteiger partial charge in [0, 0.05) is 10.8 Å². The van der Waals surface area contributed by atoms with Crippen LogP contribution in [0.25, 0.3) is 110 Å². The van der Waals surface area contributed by atoms with Crippen molar-refractivity contribution in [2.45, 2.75) is 0 Å². The zero-order chi connectivity index (χ0) is 33.5. The minimum absolute atomic E-state index is 0.910. The molecule has 0 spiro atoms. The fourth-order valence-corrected chi connectivity index (χ4v) is 8.65. The Morgan fingerprint density at radius 3 is 1.10 bits per heavy atom. The number of para-hydroxylation sites is 1. The molecule has 11 rings (SSSR count). The topological polar surface area (TPSA) is 13.1 Å². The van der Waals surface area contributed by atoms with Gasteiger partial charge in [0.25, 0.3) is 0 Å². The Hall–Kier alpha value is -6.70. The van der Waals surface area contributed by atoms with E-state index in [1.54, 1.807) is 0 Å². The van der Waals surface area contributed by atoms with Crippen molar-refractivity contribution >= 4 is 43.5 Å². The average molecular weight is 647 g/mol. The first kappa shape index (κ1) is 28.2. The number of benzene rings is 9. The van der Waals surface area contributed by atoms with Crippen LogP contribution in [-0.4, -0.2) is 0 Å². The van der Waals surface area contributed by atoms with Crippen LogP contribution in [0.2, 0.25) is 0 Å². The van der Waals surface area contributed by atoms with Crippen molar-refractivity contribution in [2.24, 2.45) is 0 Å². The second kappa shape index (κ2) is 10.9. The Balaban J connectivity index is 1.20. The fourth-order valence-electron chi connectivity index (χ4n) is 8.65. The normalized spacial score (nSPS) is 11.9. The lowest BCUT2D eigenvalue weighted by Gasteiger charge is -2.24. The van der Waals surface area contributed by atoms with Crippen LogP contribution in [0.4, 0.5) is 0 Å². The van der Waals surface area contributed by atoms with Crippen LogP contribution < -0.4 is 0 Å². The third-order valence-corrected chi connectivity index (χ3v) is 10.8. The van der Waals surface area contributed by atoms with Gasteiger partial charge in [-0.25, -0.2) is 0 Å². The third-order valence-electron chi connectivity index (χ3n) is 10.8. The molecular weight excluding hydrogens is 617 g/mol. The van der Waals surface area contributed by atoms with E-state index >= 15 is 0 Å². The minimum atomic E-state index is 0.910. The molecule has 0 saturated carbocycles. The van der Waals surface area contributed by atoms with Crippen LogP contribution in [0, 0.1) is 0 Å². The van der Waals surface area contributed by atoms with Crippen LogP contribution in [0.15, 0.2) is 186 Å². The highest BCUT2D eigenvalue weighted by molar-refractivity contribution is 6.22. The monoisotopic (exact) mass is 646 g/mol. The molecule has 0 N–H and O–H groups in total. The molecule has 236 valence electrons. The molecule has 1 nitrogen and oxygen atoms in total. The highest BCUT2D eigenvalue weighted by atomic mass is 16.3. The van der Waals surface area contributed by atoms with Crippen molar-refractivity contribution in [3.8, 4) is 66.8 Å². The molecule has 1 heteroatoms. The maximum atomic E-state index is 6.38. The zero-order valence-electron chi connectivity index (χ0n) is 27.7. The second-order valence-corrected chi connectivity index (χ2v) is 13.5. The molecule has 0 bridgehead atoms. The van der Waals surface area contributed by atoms with Gasteiger partial charge in [0.15, 0.2) is 0 Å². The molecule has 9 aromatic carbocycles. The summed E-state index contributed by atoms with van der Waals surface area (Å²) < 4.78 is 6.38. The molecule has 0 fully saturated rings. The van der Waals surface area contributed by atoms with Crippen LogP contribution in [0.5, 0.6) is 0 Å². The van der Waals surface area contributed by atoms with Gasteiger partial charge in [-0.2, -0.15) is 0 Å². The SMILES string of the molecule is c1ccc2c(c1)-c1ccccc1-c1ccc(-c3c4ccccc4c(-c4ccc5c(c4)oc4ccccc45)c4ccccc34)cc1-c1ccccc1-2. The molecule has 0 aliphatic heterocycles. The van der Waals surface area contributed by atoms with Crippen molar-refractivity contribution in [2.75, 3.05) is 0 Å². The number of fused-ring (bicyclic) bond motifs is 13. The summed E-state index contributed by atoms with van der Waals surface area (Å²) in [6, 6.07) is 66.5. The minimum Gasteiger partial charge on any atom is -0.456 e. The summed E-state index contributed by atoms with van der Waals surface area (Å²) in [6.45, 7) is 0. The Bertz CT molecular complexity index is 2970. The van der Waals surface area contributed by atoms with Crippen LogP contribution >= 0.6 is 0 Å². The summed E-state index contributed by atoms with van der Waals surface area (Å²) >= 11 is 0. The molecule has 1 aromatic heterocycles. The molecule has 1 heterocycles. The smallest absolute Gasteiger partial charge is 0.136 e. The van der Waals surface area contributed by atoms with Gasteiger partial charge >= 0.3 is 0 Å². The van der Waals surface area contributed by atoms with E-state index in [1.165, 1.54) is 82.7 Å². The predicted octanol–water partition coefficient (Wildman–Crippen LogP) is 14.2. The lowest BCUT2D eigenvalue weighted by Crippen LogP contribution is -1.97. The Kier molecular flexibility index (Phi) is 6.02. The first-order valence-electron chi connectivity index (χ1n) is 17.6. The summed E-state index contributed by atoms with van der Waals surface area (Å²) in [5.41, 5.74) is 16.7. The lowest BCUT2D eigenvalue weighted by molar-refractivity contribution is 0.669. The van der Waals surface area contributed by atoms with E-state index < -0.39 is 0 Å². The van der Waals surface area contributed by atoms with E-state index in [0.29, 0.717) is 0 Å². The van der Waals surface area contributed by atoms with Crippen LogP contribution in [-0.2, 0) is 0 Å². The Morgan fingerprint density at radius 1 is 0.235 bits per heavy atom. The molecule has 0 atom stereocenters. The fraction of sp³-hybridized carbons (Fsp3) is 0.